The van der Waals surface area contributed by atoms with Crippen molar-refractivity contribution in [3.05, 3.63) is 34.9 Å². The first-order chi connectivity index (χ1) is 7.97. The van der Waals surface area contributed by atoms with Gasteiger partial charge in [0.15, 0.2) is 0 Å². The Bertz CT molecular complexity index is 381. The van der Waals surface area contributed by atoms with Crippen LogP contribution in [0, 0.1) is 0 Å². The molecule has 2 atom stereocenters. The number of nitrogens with zero attached hydrogens (tertiary/aromatic N) is 1. The van der Waals surface area contributed by atoms with Crippen molar-refractivity contribution in [3.8, 4) is 0 Å². The second-order valence-electron chi connectivity index (χ2n) is 4.19. The molecule has 0 aliphatic rings. The van der Waals surface area contributed by atoms with E-state index >= 15 is 0 Å². The van der Waals surface area contributed by atoms with Crippen molar-refractivity contribution in [2.45, 2.75) is 32.4 Å². The molecule has 0 saturated heterocycles. The molecule has 3 nitrogen and oxygen atoms in total. The molecule has 0 saturated carbocycles. The van der Waals surface area contributed by atoms with Crippen LogP contribution in [-0.2, 0) is 4.79 Å². The third-order valence-corrected chi connectivity index (χ3v) is 3.29. The molecule has 0 fully saturated rings. The van der Waals surface area contributed by atoms with Crippen LogP contribution in [0.15, 0.2) is 24.3 Å². The third-order valence-electron chi connectivity index (χ3n) is 3.04. The van der Waals surface area contributed by atoms with Gasteiger partial charge in [-0.05, 0) is 31.0 Å². The van der Waals surface area contributed by atoms with Gasteiger partial charge in [0.05, 0.1) is 12.1 Å². The summed E-state index contributed by atoms with van der Waals surface area (Å²) in [6.07, 6.45) is 0.649. The molecule has 1 aromatic carbocycles. The highest BCUT2D eigenvalue weighted by Crippen LogP contribution is 2.21. The fourth-order valence-corrected chi connectivity index (χ4v) is 1.72. The van der Waals surface area contributed by atoms with Crippen molar-refractivity contribution in [1.29, 1.82) is 0 Å². The lowest BCUT2D eigenvalue weighted by Crippen LogP contribution is -2.42. The van der Waals surface area contributed by atoms with Crippen molar-refractivity contribution in [2.75, 3.05) is 7.05 Å². The average Bonchev–Trinajstić information content (AvgIpc) is 2.36. The van der Waals surface area contributed by atoms with E-state index in [1.807, 2.05) is 38.1 Å². The zero-order valence-corrected chi connectivity index (χ0v) is 12.5. The minimum absolute atomic E-state index is 0. The number of carbonyl (C=O) groups is 1. The summed E-state index contributed by atoms with van der Waals surface area (Å²) in [7, 11) is 1.77. The number of amides is 1. The molecular formula is C13H20Cl2N2O. The smallest absolute Gasteiger partial charge is 0.239 e. The number of hydrogen-bond acceptors (Lipinski definition) is 2. The Morgan fingerprint density at radius 1 is 1.39 bits per heavy atom. The van der Waals surface area contributed by atoms with E-state index in [2.05, 4.69) is 0 Å². The van der Waals surface area contributed by atoms with Crippen molar-refractivity contribution >= 4 is 29.9 Å². The summed E-state index contributed by atoms with van der Waals surface area (Å²) in [5, 5.41) is 0.695. The van der Waals surface area contributed by atoms with Crippen LogP contribution in [0.4, 0.5) is 0 Å². The lowest BCUT2D eigenvalue weighted by Gasteiger charge is -2.27. The molecule has 1 aromatic rings. The Kier molecular flexibility index (Phi) is 7.29. The second kappa shape index (κ2) is 7.62. The highest BCUT2D eigenvalue weighted by molar-refractivity contribution is 6.30. The molecule has 0 heterocycles. The summed E-state index contributed by atoms with van der Waals surface area (Å²) in [4.78, 5) is 13.6. The molecule has 0 aromatic heterocycles. The van der Waals surface area contributed by atoms with Gasteiger partial charge >= 0.3 is 0 Å². The standard InChI is InChI=1S/C13H19ClN2O.ClH/c1-4-12(15)13(17)16(3)9(2)10-5-7-11(14)8-6-10;/h5-9,12H,4,15H2,1-3H3;1H/t9?,12-;/m0./s1. The van der Waals surface area contributed by atoms with E-state index in [1.54, 1.807) is 11.9 Å². The number of benzene rings is 1. The number of carbonyl (C=O) groups excluding carboxylic acids is 1. The molecule has 1 rings (SSSR count). The fourth-order valence-electron chi connectivity index (χ4n) is 1.59. The van der Waals surface area contributed by atoms with Gasteiger partial charge in [-0.15, -0.1) is 12.4 Å². The van der Waals surface area contributed by atoms with Gasteiger partial charge in [0.2, 0.25) is 5.91 Å². The molecule has 0 aliphatic carbocycles. The molecule has 0 spiro atoms. The largest absolute Gasteiger partial charge is 0.338 e. The third kappa shape index (κ3) is 4.16. The van der Waals surface area contributed by atoms with Crippen molar-refractivity contribution < 1.29 is 4.79 Å². The van der Waals surface area contributed by atoms with E-state index < -0.39 is 6.04 Å². The predicted molar refractivity (Wildman–Crippen MR) is 78.2 cm³/mol. The SMILES string of the molecule is CC[C@H](N)C(=O)N(C)C(C)c1ccc(Cl)cc1.Cl. The summed E-state index contributed by atoms with van der Waals surface area (Å²) < 4.78 is 0. The molecule has 102 valence electrons. The van der Waals surface area contributed by atoms with Crippen LogP contribution in [0.2, 0.25) is 5.02 Å². The number of rotatable bonds is 4. The minimum Gasteiger partial charge on any atom is -0.338 e. The first-order valence-electron chi connectivity index (χ1n) is 5.75. The summed E-state index contributed by atoms with van der Waals surface area (Å²) >= 11 is 5.83. The summed E-state index contributed by atoms with van der Waals surface area (Å²) in [6, 6.07) is 7.08. The Morgan fingerprint density at radius 2 is 1.89 bits per heavy atom. The van der Waals surface area contributed by atoms with Crippen LogP contribution in [-0.4, -0.2) is 23.9 Å². The second-order valence-corrected chi connectivity index (χ2v) is 4.63. The quantitative estimate of drug-likeness (QED) is 0.927. The van der Waals surface area contributed by atoms with Gasteiger partial charge in [0.1, 0.15) is 0 Å². The topological polar surface area (TPSA) is 46.3 Å². The number of likely N-dealkylation sites (N-methyl/N-ethyl adjacent to an activating group) is 1. The van der Waals surface area contributed by atoms with Crippen molar-refractivity contribution in [2.24, 2.45) is 5.73 Å². The molecule has 1 amide bonds. The monoisotopic (exact) mass is 290 g/mol. The molecule has 5 heteroatoms. The lowest BCUT2D eigenvalue weighted by atomic mass is 10.1. The number of nitrogens with two attached hydrogens (primary N) is 1. The lowest BCUT2D eigenvalue weighted by molar-refractivity contribution is -0.133. The summed E-state index contributed by atoms with van der Waals surface area (Å²) in [5.41, 5.74) is 6.79. The fraction of sp³-hybridized carbons (Fsp3) is 0.462. The Morgan fingerprint density at radius 3 is 2.33 bits per heavy atom. The number of halogens is 2. The minimum atomic E-state index is -0.422. The van der Waals surface area contributed by atoms with Crippen molar-refractivity contribution in [3.63, 3.8) is 0 Å². The highest BCUT2D eigenvalue weighted by Gasteiger charge is 2.21. The van der Waals surface area contributed by atoms with Gasteiger partial charge in [-0.3, -0.25) is 4.79 Å². The van der Waals surface area contributed by atoms with E-state index in [-0.39, 0.29) is 24.4 Å². The van der Waals surface area contributed by atoms with Crippen LogP contribution < -0.4 is 5.73 Å². The highest BCUT2D eigenvalue weighted by atomic mass is 35.5. The molecule has 0 bridgehead atoms. The van der Waals surface area contributed by atoms with Gasteiger partial charge in [-0.2, -0.15) is 0 Å². The molecular weight excluding hydrogens is 271 g/mol. The maximum absolute atomic E-state index is 11.9. The van der Waals surface area contributed by atoms with E-state index in [4.69, 9.17) is 17.3 Å². The van der Waals surface area contributed by atoms with Crippen LogP contribution in [0.3, 0.4) is 0 Å². The van der Waals surface area contributed by atoms with Crippen LogP contribution in [0.5, 0.6) is 0 Å². The van der Waals surface area contributed by atoms with E-state index in [9.17, 15) is 4.79 Å². The van der Waals surface area contributed by atoms with Gasteiger partial charge in [-0.1, -0.05) is 30.7 Å². The van der Waals surface area contributed by atoms with Crippen LogP contribution in [0.1, 0.15) is 31.9 Å². The molecule has 2 N–H and O–H groups in total. The first-order valence-corrected chi connectivity index (χ1v) is 6.12. The molecule has 0 aliphatic heterocycles. The van der Waals surface area contributed by atoms with Crippen molar-refractivity contribution in [1.82, 2.24) is 4.90 Å². The van der Waals surface area contributed by atoms with Crippen LogP contribution >= 0.6 is 24.0 Å². The first kappa shape index (κ1) is 17.2. The Balaban J connectivity index is 0.00000289. The van der Waals surface area contributed by atoms with E-state index in [1.165, 1.54) is 0 Å². The van der Waals surface area contributed by atoms with E-state index in [0.717, 1.165) is 5.56 Å². The van der Waals surface area contributed by atoms with E-state index in [0.29, 0.717) is 11.4 Å². The normalized spacial score (nSPS) is 13.4. The van der Waals surface area contributed by atoms with Gasteiger partial charge in [-0.25, -0.2) is 0 Å². The molecule has 0 radical (unpaired) electrons. The van der Waals surface area contributed by atoms with Crippen LogP contribution in [0.25, 0.3) is 0 Å². The van der Waals surface area contributed by atoms with Gasteiger partial charge in [0, 0.05) is 12.1 Å². The average molecular weight is 291 g/mol. The van der Waals surface area contributed by atoms with Gasteiger partial charge < -0.3 is 10.6 Å². The Hall–Kier alpha value is -0.770. The maximum atomic E-state index is 11.9. The zero-order chi connectivity index (χ0) is 13.0. The number of hydrogen-bond donors (Lipinski definition) is 1. The summed E-state index contributed by atoms with van der Waals surface area (Å²) in [6.45, 7) is 3.88. The summed E-state index contributed by atoms with van der Waals surface area (Å²) in [5.74, 6) is -0.0325. The molecule has 18 heavy (non-hydrogen) atoms. The van der Waals surface area contributed by atoms with Gasteiger partial charge in [0.25, 0.3) is 0 Å². The Labute approximate surface area is 120 Å². The predicted octanol–water partition coefficient (Wildman–Crippen LogP) is 3.02. The maximum Gasteiger partial charge on any atom is 0.239 e. The zero-order valence-electron chi connectivity index (χ0n) is 10.9. The molecule has 1 unspecified atom stereocenters.